The highest BCUT2D eigenvalue weighted by Gasteiger charge is 2.14. The van der Waals surface area contributed by atoms with Crippen molar-refractivity contribution in [3.8, 4) is 11.4 Å². The van der Waals surface area contributed by atoms with Crippen LogP contribution in [0.1, 0.15) is 11.1 Å². The molecule has 0 saturated carbocycles. The first-order valence-electron chi connectivity index (χ1n) is 7.75. The number of hydrogen-bond acceptors (Lipinski definition) is 6. The maximum atomic E-state index is 12.6. The molecule has 128 valence electrons. The van der Waals surface area contributed by atoms with E-state index in [-0.39, 0.29) is 11.2 Å². The molecular weight excluding hydrogens is 352 g/mol. The second kappa shape index (κ2) is 6.16. The van der Waals surface area contributed by atoms with Gasteiger partial charge in [0.1, 0.15) is 0 Å². The lowest BCUT2D eigenvalue weighted by Crippen LogP contribution is -2.23. The summed E-state index contributed by atoms with van der Waals surface area (Å²) in [5, 5.41) is 15.4. The molecule has 0 unspecified atom stereocenters. The number of nitrogens with zero attached hydrogens (tertiary/aromatic N) is 4. The summed E-state index contributed by atoms with van der Waals surface area (Å²) in [4.78, 5) is 28.1. The van der Waals surface area contributed by atoms with E-state index in [1.807, 2.05) is 31.2 Å². The largest absolute Gasteiger partial charge is 0.291 e. The van der Waals surface area contributed by atoms with Gasteiger partial charge in [-0.15, -0.1) is 5.10 Å². The van der Waals surface area contributed by atoms with Crippen LogP contribution in [0.15, 0.2) is 53.3 Å². The maximum absolute atomic E-state index is 12.6. The van der Waals surface area contributed by atoms with Crippen molar-refractivity contribution >= 4 is 28.1 Å². The molecule has 0 N–H and O–H groups in total. The van der Waals surface area contributed by atoms with Crippen LogP contribution < -0.4 is 10.1 Å². The SMILES string of the molecule is Cc1ccc(-c2nc3s/c(=C\c4ccccc4[N+](=O)[O-])c(=O)n3n2)cc1. The number of aromatic nitrogens is 3. The van der Waals surface area contributed by atoms with Crippen molar-refractivity contribution in [3.05, 3.63) is 84.7 Å². The first-order valence-corrected chi connectivity index (χ1v) is 8.56. The van der Waals surface area contributed by atoms with Gasteiger partial charge in [0.25, 0.3) is 11.2 Å². The third kappa shape index (κ3) is 2.76. The zero-order chi connectivity index (χ0) is 18.3. The van der Waals surface area contributed by atoms with Crippen molar-refractivity contribution in [2.45, 2.75) is 6.92 Å². The molecule has 4 aromatic rings. The van der Waals surface area contributed by atoms with Gasteiger partial charge < -0.3 is 0 Å². The summed E-state index contributed by atoms with van der Waals surface area (Å²) < 4.78 is 1.59. The van der Waals surface area contributed by atoms with Crippen LogP contribution in [-0.2, 0) is 0 Å². The molecule has 0 spiro atoms. The number of aryl methyl sites for hydroxylation is 1. The van der Waals surface area contributed by atoms with Crippen LogP contribution in [0, 0.1) is 17.0 Å². The monoisotopic (exact) mass is 364 g/mol. The fourth-order valence-corrected chi connectivity index (χ4v) is 3.47. The Balaban J connectivity index is 1.83. The minimum Gasteiger partial charge on any atom is -0.266 e. The molecule has 0 fully saturated rings. The number of hydrogen-bond donors (Lipinski definition) is 0. The van der Waals surface area contributed by atoms with E-state index in [1.165, 1.54) is 16.7 Å². The summed E-state index contributed by atoms with van der Waals surface area (Å²) >= 11 is 1.16. The van der Waals surface area contributed by atoms with Crippen molar-refractivity contribution in [1.82, 2.24) is 14.6 Å². The van der Waals surface area contributed by atoms with Crippen LogP contribution in [0.25, 0.3) is 22.4 Å². The van der Waals surface area contributed by atoms with E-state index in [1.54, 1.807) is 18.2 Å². The van der Waals surface area contributed by atoms with Gasteiger partial charge in [0.05, 0.1) is 15.0 Å². The minimum atomic E-state index is -0.469. The van der Waals surface area contributed by atoms with E-state index in [0.717, 1.165) is 22.5 Å². The summed E-state index contributed by atoms with van der Waals surface area (Å²) in [6.07, 6.45) is 1.51. The molecule has 4 rings (SSSR count). The van der Waals surface area contributed by atoms with Gasteiger partial charge in [-0.05, 0) is 19.1 Å². The first kappa shape index (κ1) is 16.1. The second-order valence-electron chi connectivity index (χ2n) is 5.73. The van der Waals surface area contributed by atoms with Gasteiger partial charge in [-0.25, -0.2) is 0 Å². The second-order valence-corrected chi connectivity index (χ2v) is 6.74. The topological polar surface area (TPSA) is 90.4 Å². The Bertz CT molecular complexity index is 1240. The van der Waals surface area contributed by atoms with E-state index in [0.29, 0.717) is 20.9 Å². The number of fused-ring (bicyclic) bond motifs is 1. The fourth-order valence-electron chi connectivity index (χ4n) is 2.58. The lowest BCUT2D eigenvalue weighted by atomic mass is 10.1. The number of nitro benzene ring substituents is 1. The van der Waals surface area contributed by atoms with Crippen LogP contribution in [0.4, 0.5) is 5.69 Å². The van der Waals surface area contributed by atoms with E-state index >= 15 is 0 Å². The highest BCUT2D eigenvalue weighted by atomic mass is 32.1. The van der Waals surface area contributed by atoms with E-state index < -0.39 is 4.92 Å². The minimum absolute atomic E-state index is 0.0498. The standard InChI is InChI=1S/C18H12N4O3S/c1-11-6-8-12(9-7-11)16-19-18-21(20-16)17(23)15(26-18)10-13-4-2-3-5-14(13)22(24)25/h2-10H,1H3/b15-10-. The number of nitro groups is 1. The van der Waals surface area contributed by atoms with Gasteiger partial charge in [-0.2, -0.15) is 9.50 Å². The average Bonchev–Trinajstić information content (AvgIpc) is 3.16. The number of para-hydroxylation sites is 1. The molecule has 0 amide bonds. The maximum Gasteiger partial charge on any atom is 0.291 e. The summed E-state index contributed by atoms with van der Waals surface area (Å²) in [7, 11) is 0. The predicted octanol–water partition coefficient (Wildman–Crippen LogP) is 2.58. The molecule has 8 heteroatoms. The van der Waals surface area contributed by atoms with E-state index in [2.05, 4.69) is 10.1 Å². The summed E-state index contributed by atoms with van der Waals surface area (Å²) in [5.41, 5.74) is 1.94. The first-order chi connectivity index (χ1) is 12.5. The van der Waals surface area contributed by atoms with Crippen molar-refractivity contribution in [3.63, 3.8) is 0 Å². The Labute approximate surface area is 151 Å². The molecule has 0 bridgehead atoms. The molecule has 0 radical (unpaired) electrons. The van der Waals surface area contributed by atoms with Gasteiger partial charge in [0, 0.05) is 11.6 Å². The summed E-state index contributed by atoms with van der Waals surface area (Å²) in [6, 6.07) is 14.0. The third-order valence-corrected chi connectivity index (χ3v) is 4.87. The van der Waals surface area contributed by atoms with E-state index in [4.69, 9.17) is 0 Å². The highest BCUT2D eigenvalue weighted by molar-refractivity contribution is 7.15. The quantitative estimate of drug-likeness (QED) is 0.412. The normalized spacial score (nSPS) is 12.0. The van der Waals surface area contributed by atoms with Gasteiger partial charge >= 0.3 is 0 Å². The molecule has 0 aliphatic heterocycles. The summed E-state index contributed by atoms with van der Waals surface area (Å²) in [5.74, 6) is 0.477. The molecule has 0 atom stereocenters. The molecule has 7 nitrogen and oxygen atoms in total. The van der Waals surface area contributed by atoms with Gasteiger partial charge in [0.2, 0.25) is 4.96 Å². The lowest BCUT2D eigenvalue weighted by molar-refractivity contribution is -0.385. The van der Waals surface area contributed by atoms with E-state index in [9.17, 15) is 14.9 Å². The zero-order valence-corrected chi connectivity index (χ0v) is 14.4. The molecule has 0 saturated heterocycles. The van der Waals surface area contributed by atoms with Crippen molar-refractivity contribution in [1.29, 1.82) is 0 Å². The van der Waals surface area contributed by atoms with Crippen LogP contribution in [0.2, 0.25) is 0 Å². The summed E-state index contributed by atoms with van der Waals surface area (Å²) in [6.45, 7) is 1.99. The number of benzene rings is 2. The lowest BCUT2D eigenvalue weighted by Gasteiger charge is -1.95. The highest BCUT2D eigenvalue weighted by Crippen LogP contribution is 2.19. The van der Waals surface area contributed by atoms with Crippen LogP contribution in [0.3, 0.4) is 0 Å². The zero-order valence-electron chi connectivity index (χ0n) is 13.6. The van der Waals surface area contributed by atoms with Gasteiger partial charge in [-0.3, -0.25) is 14.9 Å². The van der Waals surface area contributed by atoms with Crippen LogP contribution >= 0.6 is 11.3 Å². The number of rotatable bonds is 3. The fraction of sp³-hybridized carbons (Fsp3) is 0.0556. The van der Waals surface area contributed by atoms with Crippen LogP contribution in [-0.4, -0.2) is 19.5 Å². The predicted molar refractivity (Wildman–Crippen MR) is 99.2 cm³/mol. The molecule has 2 heterocycles. The smallest absolute Gasteiger partial charge is 0.266 e. The Morgan fingerprint density at radius 1 is 1.15 bits per heavy atom. The average molecular weight is 364 g/mol. The van der Waals surface area contributed by atoms with Gasteiger partial charge in [-0.1, -0.05) is 53.3 Å². The van der Waals surface area contributed by atoms with Crippen molar-refractivity contribution < 1.29 is 4.92 Å². The van der Waals surface area contributed by atoms with Crippen LogP contribution in [0.5, 0.6) is 0 Å². The van der Waals surface area contributed by atoms with Gasteiger partial charge in [0.15, 0.2) is 5.82 Å². The molecule has 0 aliphatic rings. The Morgan fingerprint density at radius 3 is 2.58 bits per heavy atom. The Kier molecular flexibility index (Phi) is 3.81. The third-order valence-electron chi connectivity index (χ3n) is 3.91. The Morgan fingerprint density at radius 2 is 1.88 bits per heavy atom. The Hall–Kier alpha value is -3.39. The molecule has 2 aromatic heterocycles. The molecule has 0 aliphatic carbocycles. The molecule has 26 heavy (non-hydrogen) atoms. The molecule has 2 aromatic carbocycles. The van der Waals surface area contributed by atoms with Crippen molar-refractivity contribution in [2.75, 3.05) is 0 Å². The number of thiazole rings is 1. The molecular formula is C18H12N4O3S. The van der Waals surface area contributed by atoms with Crippen molar-refractivity contribution in [2.24, 2.45) is 0 Å².